The first-order chi connectivity index (χ1) is 10.1. The van der Waals surface area contributed by atoms with E-state index in [4.69, 9.17) is 0 Å². The quantitative estimate of drug-likeness (QED) is 0.747. The van der Waals surface area contributed by atoms with Crippen LogP contribution < -0.4 is 10.9 Å². The number of benzene rings is 1. The highest BCUT2D eigenvalue weighted by atomic mass is 16.1. The van der Waals surface area contributed by atoms with Gasteiger partial charge in [0.05, 0.1) is 12.1 Å². The Hall–Kier alpha value is -2.96. The number of carbonyl (C=O) groups excluding carboxylic acids is 1. The second kappa shape index (κ2) is 5.20. The average molecular weight is 283 g/mol. The van der Waals surface area contributed by atoms with Crippen LogP contribution in [0, 0.1) is 6.92 Å². The standard InChI is InChI=1S/C14H13N5O2/c1-9-3-2-4-10(5-9)17-12(20)6-11-7-13(21)19-14(18-11)15-8-16-19/h2-5,7-8H,6H2,1H3,(H,17,20)(H,15,16,18). The van der Waals surface area contributed by atoms with Crippen molar-refractivity contribution in [3.63, 3.8) is 0 Å². The van der Waals surface area contributed by atoms with Crippen LogP contribution in [0.25, 0.3) is 5.78 Å². The van der Waals surface area contributed by atoms with Crippen LogP contribution in [-0.4, -0.2) is 25.5 Å². The number of amides is 1. The molecule has 0 bridgehead atoms. The Bertz CT molecular complexity index is 865. The lowest BCUT2D eigenvalue weighted by molar-refractivity contribution is -0.115. The largest absolute Gasteiger partial charge is 0.326 e. The summed E-state index contributed by atoms with van der Waals surface area (Å²) in [6.07, 6.45) is 1.40. The van der Waals surface area contributed by atoms with Crippen LogP contribution in [0.3, 0.4) is 0 Å². The maximum absolute atomic E-state index is 12.0. The Balaban J connectivity index is 1.78. The number of rotatable bonds is 3. The van der Waals surface area contributed by atoms with Crippen molar-refractivity contribution >= 4 is 17.4 Å². The zero-order valence-electron chi connectivity index (χ0n) is 11.3. The number of H-pyrrole nitrogens is 1. The molecule has 0 saturated carbocycles. The number of aromatic amines is 1. The Morgan fingerprint density at radius 2 is 2.24 bits per heavy atom. The van der Waals surface area contributed by atoms with Crippen LogP contribution in [0.4, 0.5) is 5.69 Å². The summed E-state index contributed by atoms with van der Waals surface area (Å²) in [5.74, 6) is 0.0215. The van der Waals surface area contributed by atoms with Gasteiger partial charge >= 0.3 is 0 Å². The molecule has 0 saturated heterocycles. The van der Waals surface area contributed by atoms with Gasteiger partial charge in [-0.2, -0.15) is 4.52 Å². The maximum Gasteiger partial charge on any atom is 0.274 e. The molecule has 2 N–H and O–H groups in total. The highest BCUT2D eigenvalue weighted by Crippen LogP contribution is 2.10. The molecule has 0 radical (unpaired) electrons. The molecule has 0 spiro atoms. The van der Waals surface area contributed by atoms with Gasteiger partial charge in [-0.25, -0.2) is 9.97 Å². The monoisotopic (exact) mass is 283 g/mol. The van der Waals surface area contributed by atoms with Gasteiger partial charge in [0.2, 0.25) is 5.91 Å². The number of nitrogens with zero attached hydrogens (tertiary/aromatic N) is 3. The number of aromatic nitrogens is 4. The van der Waals surface area contributed by atoms with Gasteiger partial charge in [0, 0.05) is 11.8 Å². The molecule has 0 aliphatic carbocycles. The van der Waals surface area contributed by atoms with Crippen molar-refractivity contribution in [3.8, 4) is 0 Å². The first kappa shape index (κ1) is 13.0. The molecule has 2 heterocycles. The van der Waals surface area contributed by atoms with Crippen molar-refractivity contribution in [3.05, 3.63) is 58.3 Å². The summed E-state index contributed by atoms with van der Waals surface area (Å²) < 4.78 is 1.21. The topological polar surface area (TPSA) is 92.2 Å². The third-order valence-corrected chi connectivity index (χ3v) is 2.96. The van der Waals surface area contributed by atoms with Gasteiger partial charge in [-0.15, -0.1) is 0 Å². The van der Waals surface area contributed by atoms with E-state index < -0.39 is 0 Å². The fourth-order valence-corrected chi connectivity index (χ4v) is 2.05. The van der Waals surface area contributed by atoms with Crippen molar-refractivity contribution in [2.45, 2.75) is 13.3 Å². The molecular formula is C14H13N5O2. The maximum atomic E-state index is 12.0. The van der Waals surface area contributed by atoms with E-state index in [1.165, 1.54) is 16.9 Å². The van der Waals surface area contributed by atoms with Gasteiger partial charge in [0.15, 0.2) is 0 Å². The second-order valence-electron chi connectivity index (χ2n) is 4.70. The van der Waals surface area contributed by atoms with Gasteiger partial charge < -0.3 is 5.32 Å². The van der Waals surface area contributed by atoms with E-state index in [0.717, 1.165) is 11.3 Å². The fourth-order valence-electron chi connectivity index (χ4n) is 2.05. The number of nitrogens with one attached hydrogen (secondary N) is 2. The molecule has 106 valence electrons. The Morgan fingerprint density at radius 3 is 3.05 bits per heavy atom. The van der Waals surface area contributed by atoms with Crippen molar-refractivity contribution < 1.29 is 4.79 Å². The molecular weight excluding hydrogens is 270 g/mol. The van der Waals surface area contributed by atoms with Crippen LogP contribution in [0.15, 0.2) is 41.5 Å². The molecule has 0 aliphatic heterocycles. The van der Waals surface area contributed by atoms with E-state index in [-0.39, 0.29) is 23.7 Å². The van der Waals surface area contributed by atoms with Crippen LogP contribution in [0.5, 0.6) is 0 Å². The van der Waals surface area contributed by atoms with Gasteiger partial charge in [-0.05, 0) is 24.6 Å². The summed E-state index contributed by atoms with van der Waals surface area (Å²) in [5, 5.41) is 5.42. The predicted molar refractivity (Wildman–Crippen MR) is 77.1 cm³/mol. The molecule has 0 aliphatic rings. The minimum atomic E-state index is -0.296. The molecule has 2 aromatic heterocycles. The smallest absolute Gasteiger partial charge is 0.274 e. The average Bonchev–Trinajstić information content (AvgIpc) is 2.87. The van der Waals surface area contributed by atoms with E-state index in [9.17, 15) is 9.59 Å². The van der Waals surface area contributed by atoms with Crippen molar-refractivity contribution in [1.29, 1.82) is 0 Å². The van der Waals surface area contributed by atoms with Crippen molar-refractivity contribution in [1.82, 2.24) is 19.6 Å². The van der Waals surface area contributed by atoms with E-state index >= 15 is 0 Å². The number of hydrogen-bond acceptors (Lipinski definition) is 4. The number of anilines is 1. The second-order valence-corrected chi connectivity index (χ2v) is 4.70. The van der Waals surface area contributed by atoms with Crippen LogP contribution >= 0.6 is 0 Å². The lowest BCUT2D eigenvalue weighted by Crippen LogP contribution is -2.20. The van der Waals surface area contributed by atoms with Crippen LogP contribution in [0.2, 0.25) is 0 Å². The third kappa shape index (κ3) is 2.81. The van der Waals surface area contributed by atoms with Crippen LogP contribution in [0.1, 0.15) is 11.3 Å². The molecule has 7 nitrogen and oxygen atoms in total. The van der Waals surface area contributed by atoms with E-state index in [1.54, 1.807) is 0 Å². The first-order valence-electron chi connectivity index (χ1n) is 6.40. The van der Waals surface area contributed by atoms with Gasteiger partial charge in [0.25, 0.3) is 11.3 Å². The lowest BCUT2D eigenvalue weighted by atomic mass is 10.2. The number of carbonyl (C=O) groups is 1. The van der Waals surface area contributed by atoms with Crippen molar-refractivity contribution in [2.75, 3.05) is 5.32 Å². The molecule has 7 heteroatoms. The van der Waals surface area contributed by atoms with Crippen molar-refractivity contribution in [2.24, 2.45) is 0 Å². The number of fused-ring (bicyclic) bond motifs is 1. The molecule has 1 aromatic carbocycles. The van der Waals surface area contributed by atoms with Crippen LogP contribution in [-0.2, 0) is 11.2 Å². The molecule has 3 rings (SSSR count). The molecule has 0 fully saturated rings. The summed E-state index contributed by atoms with van der Waals surface area (Å²) in [4.78, 5) is 31.8. The summed E-state index contributed by atoms with van der Waals surface area (Å²) in [6.45, 7) is 1.95. The lowest BCUT2D eigenvalue weighted by Gasteiger charge is -2.05. The van der Waals surface area contributed by atoms with Gasteiger partial charge in [-0.1, -0.05) is 12.1 Å². The Morgan fingerprint density at radius 1 is 1.38 bits per heavy atom. The molecule has 0 unspecified atom stereocenters. The predicted octanol–water partition coefficient (Wildman–Crippen LogP) is 0.907. The highest BCUT2D eigenvalue weighted by molar-refractivity contribution is 5.92. The van der Waals surface area contributed by atoms with E-state index in [0.29, 0.717) is 5.69 Å². The van der Waals surface area contributed by atoms with E-state index in [1.807, 2.05) is 31.2 Å². The fraction of sp³-hybridized carbons (Fsp3) is 0.143. The summed E-state index contributed by atoms with van der Waals surface area (Å²) in [7, 11) is 0. The summed E-state index contributed by atoms with van der Waals surface area (Å²) >= 11 is 0. The van der Waals surface area contributed by atoms with E-state index in [2.05, 4.69) is 20.4 Å². The zero-order valence-corrected chi connectivity index (χ0v) is 11.3. The first-order valence-corrected chi connectivity index (χ1v) is 6.40. The minimum absolute atomic E-state index is 0.0204. The molecule has 21 heavy (non-hydrogen) atoms. The van der Waals surface area contributed by atoms with Gasteiger partial charge in [0.1, 0.15) is 6.33 Å². The van der Waals surface area contributed by atoms with Gasteiger partial charge in [-0.3, -0.25) is 14.7 Å². The normalized spacial score (nSPS) is 10.7. The minimum Gasteiger partial charge on any atom is -0.326 e. The summed E-state index contributed by atoms with van der Waals surface area (Å²) in [5.41, 5.74) is 1.87. The number of aryl methyl sites for hydroxylation is 1. The molecule has 0 atom stereocenters. The molecule has 3 aromatic rings. The third-order valence-electron chi connectivity index (χ3n) is 2.96. The SMILES string of the molecule is Cc1cccc(NC(=O)Cc2cc(=O)n3[nH]cnc3n2)c1. The highest BCUT2D eigenvalue weighted by Gasteiger charge is 2.09. The summed E-state index contributed by atoms with van der Waals surface area (Å²) in [6, 6.07) is 8.82. The number of hydrogen-bond donors (Lipinski definition) is 2. The Labute approximate surface area is 119 Å². The molecule has 1 amide bonds. The Kier molecular flexibility index (Phi) is 3.23. The zero-order chi connectivity index (χ0) is 14.8.